The quantitative estimate of drug-likeness (QED) is 0.443. The molecule has 0 fully saturated rings. The van der Waals surface area contributed by atoms with Crippen LogP contribution in [-0.4, -0.2) is 34.0 Å². The van der Waals surface area contributed by atoms with E-state index in [2.05, 4.69) is 12.2 Å². The van der Waals surface area contributed by atoms with Crippen molar-refractivity contribution in [3.8, 4) is 0 Å². The summed E-state index contributed by atoms with van der Waals surface area (Å²) in [7, 11) is 0. The van der Waals surface area contributed by atoms with Crippen LogP contribution >= 0.6 is 0 Å². The van der Waals surface area contributed by atoms with Gasteiger partial charge in [0.1, 0.15) is 0 Å². The Bertz CT molecular complexity index is 169. The van der Waals surface area contributed by atoms with Crippen LogP contribution in [0.1, 0.15) is 13.3 Å². The third-order valence-electron chi connectivity index (χ3n) is 2.17. The van der Waals surface area contributed by atoms with Crippen molar-refractivity contribution in [2.24, 2.45) is 0 Å². The van der Waals surface area contributed by atoms with Gasteiger partial charge >= 0.3 is 81.6 Å². The van der Waals surface area contributed by atoms with Crippen LogP contribution in [0.25, 0.3) is 0 Å². The monoisotopic (exact) mass is 270 g/mol. The summed E-state index contributed by atoms with van der Waals surface area (Å²) in [5.41, 5.74) is 0. The van der Waals surface area contributed by atoms with Crippen molar-refractivity contribution in [3.63, 3.8) is 0 Å². The van der Waals surface area contributed by atoms with Crippen LogP contribution in [0, 0.1) is 0 Å². The minimum absolute atomic E-state index is 0.144. The van der Waals surface area contributed by atoms with Crippen LogP contribution in [0.15, 0.2) is 12.2 Å². The Kier molecular flexibility index (Phi) is 4.81. The number of esters is 1. The fourth-order valence-electron chi connectivity index (χ4n) is 1.50. The van der Waals surface area contributed by atoms with Crippen molar-refractivity contribution in [1.29, 1.82) is 0 Å². The van der Waals surface area contributed by atoms with Gasteiger partial charge in [-0.3, -0.25) is 0 Å². The molecule has 3 heteroatoms. The molecule has 0 spiro atoms. The van der Waals surface area contributed by atoms with Gasteiger partial charge < -0.3 is 0 Å². The number of allylic oxidation sites excluding steroid dienone is 2. The number of carbonyl (C=O) groups is 1. The van der Waals surface area contributed by atoms with Crippen molar-refractivity contribution in [2.45, 2.75) is 25.9 Å². The van der Waals surface area contributed by atoms with E-state index in [0.717, 1.165) is 6.42 Å². The molecule has 1 rings (SSSR count). The molecule has 1 aliphatic rings. The van der Waals surface area contributed by atoms with Crippen LogP contribution in [0.5, 0.6) is 0 Å². The Morgan fingerprint density at radius 1 is 1.50 bits per heavy atom. The minimum atomic E-state index is -1.09. The van der Waals surface area contributed by atoms with E-state index >= 15 is 0 Å². The van der Waals surface area contributed by atoms with Gasteiger partial charge in [0.15, 0.2) is 0 Å². The Hall–Kier alpha value is 0.0801. The summed E-state index contributed by atoms with van der Waals surface area (Å²) in [6.45, 7) is 2.11. The molecular weight excluding hydrogens is 255 g/mol. The van der Waals surface area contributed by atoms with E-state index in [1.807, 2.05) is 0 Å². The first-order valence-electron chi connectivity index (χ1n) is 4.57. The maximum atomic E-state index is 10.4. The molecule has 0 saturated heterocycles. The zero-order valence-electron chi connectivity index (χ0n) is 7.58. The molecule has 12 heavy (non-hydrogen) atoms. The second kappa shape index (κ2) is 5.68. The van der Waals surface area contributed by atoms with Gasteiger partial charge in [-0.25, -0.2) is 0 Å². The zero-order chi connectivity index (χ0) is 8.81. The summed E-state index contributed by atoms with van der Waals surface area (Å²) in [6, 6.07) is 0. The molecule has 66 valence electrons. The third kappa shape index (κ3) is 4.19. The van der Waals surface area contributed by atoms with Crippen molar-refractivity contribution in [3.05, 3.63) is 12.2 Å². The van der Waals surface area contributed by atoms with Crippen molar-refractivity contribution < 1.29 is 9.53 Å². The van der Waals surface area contributed by atoms with E-state index in [1.165, 1.54) is 19.5 Å². The molecule has 0 aliphatic carbocycles. The van der Waals surface area contributed by atoms with E-state index in [9.17, 15) is 4.79 Å². The molecule has 0 aromatic heterocycles. The maximum absolute atomic E-state index is 10.4. The molecule has 0 saturated carbocycles. The van der Waals surface area contributed by atoms with Crippen LogP contribution < -0.4 is 0 Å². The molecule has 0 unspecified atom stereocenters. The molecule has 0 aromatic rings. The fourth-order valence-corrected chi connectivity index (χ4v) is 8.81. The predicted molar refractivity (Wildman–Crippen MR) is 50.6 cm³/mol. The Morgan fingerprint density at radius 2 is 2.17 bits per heavy atom. The van der Waals surface area contributed by atoms with E-state index in [-0.39, 0.29) is 5.97 Å². The summed E-state index contributed by atoms with van der Waals surface area (Å²) >= 11 is -1.09. The number of rotatable bonds is 4. The Morgan fingerprint density at radius 3 is 2.75 bits per heavy atom. The SMILES string of the molecule is CC(=O)OCC[CH2][In]1[CH2]C=C[CH2]1. The topological polar surface area (TPSA) is 26.3 Å². The third-order valence-corrected chi connectivity index (χ3v) is 11.0. The van der Waals surface area contributed by atoms with Crippen molar-refractivity contribution >= 4 is 27.4 Å². The van der Waals surface area contributed by atoms with Gasteiger partial charge in [0.2, 0.25) is 0 Å². The van der Waals surface area contributed by atoms with E-state index in [0.29, 0.717) is 6.61 Å². The van der Waals surface area contributed by atoms with E-state index in [4.69, 9.17) is 4.74 Å². The van der Waals surface area contributed by atoms with Gasteiger partial charge in [-0.2, -0.15) is 0 Å². The molecular formula is C9H15InO2. The first-order valence-corrected chi connectivity index (χ1v) is 11.6. The summed E-state index contributed by atoms with van der Waals surface area (Å²) < 4.78 is 9.10. The number of ether oxygens (including phenoxy) is 1. The standard InChI is InChI=1S/C5H9O2.C4H6.In/c1-3-4-7-5(2)6;1-3-4-2;/h1,3-4H2,2H3;3-4H,1-2H2;. The Balaban J connectivity index is 1.92. The molecule has 1 heterocycles. The van der Waals surface area contributed by atoms with Gasteiger partial charge in [0, 0.05) is 0 Å². The average molecular weight is 270 g/mol. The van der Waals surface area contributed by atoms with Gasteiger partial charge in [0.25, 0.3) is 0 Å². The zero-order valence-corrected chi connectivity index (χ0v) is 10.9. The summed E-state index contributed by atoms with van der Waals surface area (Å²) in [6.07, 6.45) is 5.75. The summed E-state index contributed by atoms with van der Waals surface area (Å²) in [4.78, 5) is 10.4. The van der Waals surface area contributed by atoms with Gasteiger partial charge in [-0.15, -0.1) is 0 Å². The van der Waals surface area contributed by atoms with Gasteiger partial charge in [0.05, 0.1) is 0 Å². The van der Waals surface area contributed by atoms with Crippen molar-refractivity contribution in [1.82, 2.24) is 0 Å². The summed E-state index contributed by atoms with van der Waals surface area (Å²) in [5, 5.41) is 0. The molecule has 0 N–H and O–H groups in total. The van der Waals surface area contributed by atoms with Crippen LogP contribution in [-0.2, 0) is 9.53 Å². The van der Waals surface area contributed by atoms with E-state index in [1.54, 1.807) is 0 Å². The second-order valence-electron chi connectivity index (χ2n) is 3.29. The van der Waals surface area contributed by atoms with Gasteiger partial charge in [-0.1, -0.05) is 0 Å². The molecule has 0 bridgehead atoms. The summed E-state index contributed by atoms with van der Waals surface area (Å²) in [5.74, 6) is -0.144. The number of hydrogen-bond acceptors (Lipinski definition) is 2. The van der Waals surface area contributed by atoms with E-state index < -0.39 is 21.4 Å². The average Bonchev–Trinajstić information content (AvgIpc) is 2.49. The molecule has 0 amide bonds. The normalized spacial score (nSPS) is 15.2. The van der Waals surface area contributed by atoms with Crippen LogP contribution in [0.2, 0.25) is 12.5 Å². The van der Waals surface area contributed by atoms with Crippen molar-refractivity contribution in [2.75, 3.05) is 6.61 Å². The molecule has 2 nitrogen and oxygen atoms in total. The predicted octanol–water partition coefficient (Wildman–Crippen LogP) is 2.00. The van der Waals surface area contributed by atoms with Crippen LogP contribution in [0.3, 0.4) is 0 Å². The Labute approximate surface area is 81.5 Å². The first-order chi connectivity index (χ1) is 5.79. The van der Waals surface area contributed by atoms with Crippen LogP contribution in [0.4, 0.5) is 0 Å². The fraction of sp³-hybridized carbons (Fsp3) is 0.667. The second-order valence-corrected chi connectivity index (χ2v) is 12.6. The van der Waals surface area contributed by atoms with Gasteiger partial charge in [-0.05, 0) is 0 Å². The number of carbonyl (C=O) groups excluding carboxylic acids is 1. The molecule has 0 atom stereocenters. The number of hydrogen-bond donors (Lipinski definition) is 0. The first kappa shape index (κ1) is 10.2. The molecule has 0 aromatic carbocycles. The molecule has 1 aliphatic heterocycles. The molecule has 0 radical (unpaired) electrons.